The number of phenols is 1. The number of nitrogens with zero attached hydrogens (tertiary/aromatic N) is 2. The van der Waals surface area contributed by atoms with Crippen LogP contribution in [0.2, 0.25) is 0 Å². The number of aromatic hydroxyl groups is 1. The molecule has 158 valence electrons. The monoisotopic (exact) mass is 414 g/mol. The molecule has 0 aliphatic carbocycles. The van der Waals surface area contributed by atoms with Gasteiger partial charge < -0.3 is 19.6 Å². The van der Waals surface area contributed by atoms with E-state index >= 15 is 0 Å². The molecule has 0 radical (unpaired) electrons. The molecule has 1 fully saturated rings. The average Bonchev–Trinajstić information content (AvgIpc) is 3.20. The zero-order valence-corrected chi connectivity index (χ0v) is 16.7. The second-order valence-electron chi connectivity index (χ2n) is 7.72. The van der Waals surface area contributed by atoms with Crippen molar-refractivity contribution < 1.29 is 23.4 Å². The standard InChI is InChI=1S/C23H24F2N2O3/c1-26(18-7-9-30-10-8-18)23(29)27-14-16(20-13-17(24)5-6-21(20)25)12-22(27)15-3-2-4-19(28)11-15/h2-6,11-13,18,22,28H,7-10,14H2,1H3. The molecule has 2 amide bonds. The van der Waals surface area contributed by atoms with Crippen molar-refractivity contribution >= 4 is 11.6 Å². The first kappa shape index (κ1) is 20.3. The molecule has 5 nitrogen and oxygen atoms in total. The molecule has 0 bridgehead atoms. The minimum absolute atomic E-state index is 0.0611. The maximum absolute atomic E-state index is 14.4. The zero-order valence-electron chi connectivity index (χ0n) is 16.7. The van der Waals surface area contributed by atoms with Crippen LogP contribution in [0, 0.1) is 11.6 Å². The lowest BCUT2D eigenvalue weighted by Gasteiger charge is -2.36. The molecule has 2 heterocycles. The van der Waals surface area contributed by atoms with Crippen LogP contribution < -0.4 is 0 Å². The van der Waals surface area contributed by atoms with Gasteiger partial charge in [-0.2, -0.15) is 0 Å². The number of ether oxygens (including phenoxy) is 1. The Morgan fingerprint density at radius 1 is 1.17 bits per heavy atom. The Balaban J connectivity index is 1.68. The van der Waals surface area contributed by atoms with Gasteiger partial charge in [-0.05, 0) is 54.3 Å². The Morgan fingerprint density at radius 2 is 1.93 bits per heavy atom. The third-order valence-electron chi connectivity index (χ3n) is 5.81. The molecule has 1 saturated heterocycles. The van der Waals surface area contributed by atoms with E-state index in [9.17, 15) is 18.7 Å². The predicted molar refractivity (Wildman–Crippen MR) is 109 cm³/mol. The lowest BCUT2D eigenvalue weighted by Crippen LogP contribution is -2.47. The molecule has 0 aromatic heterocycles. The average molecular weight is 414 g/mol. The van der Waals surface area contributed by atoms with E-state index in [1.54, 1.807) is 47.2 Å². The third kappa shape index (κ3) is 4.03. The van der Waals surface area contributed by atoms with Crippen molar-refractivity contribution in [3.05, 3.63) is 71.3 Å². The lowest BCUT2D eigenvalue weighted by molar-refractivity contribution is 0.0462. The normalized spacial score (nSPS) is 19.6. The molecule has 1 unspecified atom stereocenters. The summed E-state index contributed by atoms with van der Waals surface area (Å²) in [6, 6.07) is 9.32. The number of hydrogen-bond donors (Lipinski definition) is 1. The summed E-state index contributed by atoms with van der Waals surface area (Å²) in [5.74, 6) is -0.994. The summed E-state index contributed by atoms with van der Waals surface area (Å²) in [5.41, 5.74) is 1.38. The number of phenolic OH excluding ortho intramolecular Hbond substituents is 1. The maximum Gasteiger partial charge on any atom is 0.321 e. The number of rotatable bonds is 3. The van der Waals surface area contributed by atoms with Crippen LogP contribution in [0.25, 0.3) is 5.57 Å². The lowest BCUT2D eigenvalue weighted by atomic mass is 10.0. The van der Waals surface area contributed by atoms with E-state index in [2.05, 4.69) is 0 Å². The topological polar surface area (TPSA) is 53.0 Å². The summed E-state index contributed by atoms with van der Waals surface area (Å²) in [5, 5.41) is 9.92. The first-order valence-corrected chi connectivity index (χ1v) is 10.0. The van der Waals surface area contributed by atoms with Gasteiger partial charge in [0.2, 0.25) is 0 Å². The highest BCUT2D eigenvalue weighted by molar-refractivity contribution is 5.82. The van der Waals surface area contributed by atoms with Gasteiger partial charge in [-0.15, -0.1) is 0 Å². The quantitative estimate of drug-likeness (QED) is 0.813. The van der Waals surface area contributed by atoms with Gasteiger partial charge in [-0.25, -0.2) is 13.6 Å². The second-order valence-corrected chi connectivity index (χ2v) is 7.72. The molecule has 2 aliphatic heterocycles. The van der Waals surface area contributed by atoms with E-state index in [-0.39, 0.29) is 29.9 Å². The fourth-order valence-corrected chi connectivity index (χ4v) is 4.14. The summed E-state index contributed by atoms with van der Waals surface area (Å²) in [6.07, 6.45) is 3.28. The summed E-state index contributed by atoms with van der Waals surface area (Å²) in [6.45, 7) is 1.36. The number of halogens is 2. The van der Waals surface area contributed by atoms with Crippen LogP contribution in [0.1, 0.15) is 30.0 Å². The van der Waals surface area contributed by atoms with E-state index in [4.69, 9.17) is 4.74 Å². The molecule has 2 aromatic rings. The predicted octanol–water partition coefficient (Wildman–Crippen LogP) is 4.34. The molecular weight excluding hydrogens is 390 g/mol. The summed E-state index contributed by atoms with van der Waals surface area (Å²) >= 11 is 0. The van der Waals surface area contributed by atoms with E-state index < -0.39 is 17.7 Å². The minimum Gasteiger partial charge on any atom is -0.508 e. The van der Waals surface area contributed by atoms with Crippen molar-refractivity contribution in [2.75, 3.05) is 26.8 Å². The highest BCUT2D eigenvalue weighted by Crippen LogP contribution is 2.37. The highest BCUT2D eigenvalue weighted by Gasteiger charge is 2.35. The summed E-state index contributed by atoms with van der Waals surface area (Å²) in [7, 11) is 1.76. The maximum atomic E-state index is 14.4. The molecule has 2 aliphatic rings. The number of amides is 2. The Labute approximate surface area is 174 Å². The highest BCUT2D eigenvalue weighted by atomic mass is 19.1. The van der Waals surface area contributed by atoms with E-state index in [1.807, 2.05) is 0 Å². The SMILES string of the molecule is CN(C(=O)N1CC(c2cc(F)ccc2F)=CC1c1cccc(O)c1)C1CCOCC1. The van der Waals surface area contributed by atoms with Gasteiger partial charge in [0.1, 0.15) is 17.4 Å². The molecule has 7 heteroatoms. The molecular formula is C23H24F2N2O3. The Bertz CT molecular complexity index is 973. The van der Waals surface area contributed by atoms with Crippen LogP contribution in [0.3, 0.4) is 0 Å². The Morgan fingerprint density at radius 3 is 2.67 bits per heavy atom. The number of carbonyl (C=O) groups is 1. The van der Waals surface area contributed by atoms with Crippen LogP contribution in [0.15, 0.2) is 48.5 Å². The number of hydrogen-bond acceptors (Lipinski definition) is 3. The molecule has 1 N–H and O–H groups in total. The van der Waals surface area contributed by atoms with Gasteiger partial charge in [0, 0.05) is 38.4 Å². The largest absolute Gasteiger partial charge is 0.508 e. The van der Waals surface area contributed by atoms with Crippen LogP contribution in [0.5, 0.6) is 5.75 Å². The molecule has 4 rings (SSSR count). The molecule has 0 spiro atoms. The van der Waals surface area contributed by atoms with Crippen LogP contribution in [0.4, 0.5) is 13.6 Å². The number of carbonyl (C=O) groups excluding carboxylic acids is 1. The Kier molecular flexibility index (Phi) is 5.72. The van der Waals surface area contributed by atoms with Gasteiger partial charge in [0.25, 0.3) is 0 Å². The number of benzene rings is 2. The smallest absolute Gasteiger partial charge is 0.321 e. The van der Waals surface area contributed by atoms with E-state index in [0.717, 1.165) is 31.0 Å². The van der Waals surface area contributed by atoms with Crippen molar-refractivity contribution in [1.82, 2.24) is 9.80 Å². The van der Waals surface area contributed by atoms with Crippen molar-refractivity contribution in [3.63, 3.8) is 0 Å². The van der Waals surface area contributed by atoms with Crippen molar-refractivity contribution in [1.29, 1.82) is 0 Å². The van der Waals surface area contributed by atoms with Gasteiger partial charge >= 0.3 is 6.03 Å². The summed E-state index contributed by atoms with van der Waals surface area (Å²) < 4.78 is 33.6. The zero-order chi connectivity index (χ0) is 21.3. The summed E-state index contributed by atoms with van der Waals surface area (Å²) in [4.78, 5) is 16.7. The van der Waals surface area contributed by atoms with E-state index in [0.29, 0.717) is 24.4 Å². The first-order valence-electron chi connectivity index (χ1n) is 10.0. The fraction of sp³-hybridized carbons (Fsp3) is 0.348. The molecule has 2 aromatic carbocycles. The van der Waals surface area contributed by atoms with Gasteiger partial charge in [0.05, 0.1) is 6.04 Å². The van der Waals surface area contributed by atoms with Crippen molar-refractivity contribution in [2.24, 2.45) is 0 Å². The second kappa shape index (κ2) is 8.44. The minimum atomic E-state index is -0.538. The van der Waals surface area contributed by atoms with E-state index in [1.165, 1.54) is 0 Å². The van der Waals surface area contributed by atoms with Crippen molar-refractivity contribution in [3.8, 4) is 5.75 Å². The molecule has 30 heavy (non-hydrogen) atoms. The fourth-order valence-electron chi connectivity index (χ4n) is 4.14. The number of urea groups is 1. The van der Waals surface area contributed by atoms with Crippen LogP contribution in [-0.4, -0.2) is 53.8 Å². The van der Waals surface area contributed by atoms with Crippen LogP contribution >= 0.6 is 0 Å². The third-order valence-corrected chi connectivity index (χ3v) is 5.81. The first-order chi connectivity index (χ1) is 14.4. The van der Waals surface area contributed by atoms with Gasteiger partial charge in [0.15, 0.2) is 0 Å². The van der Waals surface area contributed by atoms with Gasteiger partial charge in [-0.1, -0.05) is 18.2 Å². The van der Waals surface area contributed by atoms with Crippen molar-refractivity contribution in [2.45, 2.75) is 24.9 Å². The van der Waals surface area contributed by atoms with Crippen LogP contribution in [-0.2, 0) is 4.74 Å². The Hall–Kier alpha value is -2.93. The molecule has 0 saturated carbocycles. The van der Waals surface area contributed by atoms with Gasteiger partial charge in [-0.3, -0.25) is 0 Å². The molecule has 1 atom stereocenters.